The third-order valence-electron chi connectivity index (χ3n) is 2.56. The number of nitrogens with one attached hydrogen (secondary N) is 1. The Morgan fingerprint density at radius 2 is 2.11 bits per heavy atom. The number of carbonyl (C=O) groups is 2. The summed E-state index contributed by atoms with van der Waals surface area (Å²) in [5.41, 5.74) is 1.32. The first-order valence-electron chi connectivity index (χ1n) is 5.16. The topological polar surface area (TPSA) is 70.2 Å². The van der Waals surface area contributed by atoms with Crippen molar-refractivity contribution in [2.75, 3.05) is 0 Å². The number of aromatic nitrogens is 1. The van der Waals surface area contributed by atoms with Gasteiger partial charge < -0.3 is 10.1 Å². The molecule has 1 atom stereocenters. The van der Waals surface area contributed by atoms with Crippen LogP contribution in [0.3, 0.4) is 0 Å². The third kappa shape index (κ3) is 2.49. The number of halogens is 2. The fourth-order valence-corrected chi connectivity index (χ4v) is 2.85. The Labute approximate surface area is 120 Å². The molecule has 0 saturated heterocycles. The van der Waals surface area contributed by atoms with Gasteiger partial charge in [0.05, 0.1) is 11.2 Å². The molecule has 0 amide bonds. The molecule has 0 fully saturated rings. The van der Waals surface area contributed by atoms with Crippen LogP contribution >= 0.6 is 31.9 Å². The van der Waals surface area contributed by atoms with Gasteiger partial charge >= 0.3 is 5.97 Å². The number of aromatic amines is 1. The highest BCUT2D eigenvalue weighted by molar-refractivity contribution is 9.10. The summed E-state index contributed by atoms with van der Waals surface area (Å²) in [6, 6.07) is 5.56. The van der Waals surface area contributed by atoms with Crippen LogP contribution in [0.1, 0.15) is 16.8 Å². The third-order valence-corrected chi connectivity index (χ3v) is 3.96. The Morgan fingerprint density at radius 3 is 2.78 bits per heavy atom. The predicted octanol–water partition coefficient (Wildman–Crippen LogP) is 3.35. The first-order valence-corrected chi connectivity index (χ1v) is 6.87. The lowest BCUT2D eigenvalue weighted by Crippen LogP contribution is -2.17. The lowest BCUT2D eigenvalue weighted by molar-refractivity contribution is -0.136. The highest BCUT2D eigenvalue weighted by Gasteiger charge is 2.23. The van der Waals surface area contributed by atoms with Crippen LogP contribution < -0.4 is 0 Å². The van der Waals surface area contributed by atoms with Crippen molar-refractivity contribution in [3.05, 3.63) is 34.4 Å². The molecular formula is C12H9Br2NO3. The first-order chi connectivity index (χ1) is 8.50. The lowest BCUT2D eigenvalue weighted by Gasteiger charge is -2.05. The molecule has 0 saturated carbocycles. The number of carboxylic acids is 1. The van der Waals surface area contributed by atoms with E-state index < -0.39 is 10.8 Å². The molecular weight excluding hydrogens is 366 g/mol. The van der Waals surface area contributed by atoms with Crippen molar-refractivity contribution in [1.29, 1.82) is 0 Å². The largest absolute Gasteiger partial charge is 0.481 e. The number of ketones is 1. The van der Waals surface area contributed by atoms with Gasteiger partial charge in [0.25, 0.3) is 0 Å². The van der Waals surface area contributed by atoms with Crippen LogP contribution in [0, 0.1) is 0 Å². The first kappa shape index (κ1) is 13.3. The zero-order chi connectivity index (χ0) is 13.3. The average Bonchev–Trinajstić information content (AvgIpc) is 2.72. The van der Waals surface area contributed by atoms with Gasteiger partial charge in [0.1, 0.15) is 0 Å². The van der Waals surface area contributed by atoms with Crippen LogP contribution in [-0.2, 0) is 4.79 Å². The van der Waals surface area contributed by atoms with E-state index in [2.05, 4.69) is 36.8 Å². The molecule has 94 valence electrons. The van der Waals surface area contributed by atoms with Crippen LogP contribution in [0.5, 0.6) is 0 Å². The van der Waals surface area contributed by atoms with E-state index in [1.54, 1.807) is 6.20 Å². The highest BCUT2D eigenvalue weighted by Crippen LogP contribution is 2.29. The summed E-state index contributed by atoms with van der Waals surface area (Å²) >= 11 is 6.51. The lowest BCUT2D eigenvalue weighted by atomic mass is 10.1. The van der Waals surface area contributed by atoms with Crippen LogP contribution in [-0.4, -0.2) is 26.7 Å². The highest BCUT2D eigenvalue weighted by atomic mass is 79.9. The summed E-state index contributed by atoms with van der Waals surface area (Å²) in [6.07, 6.45) is 1.36. The number of rotatable bonds is 4. The number of alkyl halides is 1. The molecule has 1 unspecified atom stereocenters. The van der Waals surface area contributed by atoms with E-state index in [0.717, 1.165) is 15.4 Å². The summed E-state index contributed by atoms with van der Waals surface area (Å²) in [7, 11) is 0. The van der Waals surface area contributed by atoms with Crippen LogP contribution in [0.25, 0.3) is 10.9 Å². The molecule has 0 aliphatic heterocycles. The zero-order valence-electron chi connectivity index (χ0n) is 9.11. The normalized spacial score (nSPS) is 12.6. The van der Waals surface area contributed by atoms with Crippen molar-refractivity contribution in [3.8, 4) is 0 Å². The molecule has 1 aromatic carbocycles. The molecule has 0 aliphatic carbocycles. The Kier molecular flexibility index (Phi) is 3.87. The number of aliphatic carboxylic acids is 1. The molecule has 1 heterocycles. The molecule has 6 heteroatoms. The SMILES string of the molecule is O=C(O)CC(Br)C(=O)c1c[nH]c2cccc(Br)c12. The zero-order valence-corrected chi connectivity index (χ0v) is 12.3. The van der Waals surface area contributed by atoms with E-state index in [0.29, 0.717) is 5.56 Å². The van der Waals surface area contributed by atoms with Crippen molar-refractivity contribution in [2.45, 2.75) is 11.2 Å². The number of benzene rings is 1. The van der Waals surface area contributed by atoms with E-state index in [9.17, 15) is 9.59 Å². The number of carbonyl (C=O) groups excluding carboxylic acids is 1. The minimum absolute atomic E-state index is 0.240. The van der Waals surface area contributed by atoms with Crippen molar-refractivity contribution in [2.24, 2.45) is 0 Å². The van der Waals surface area contributed by atoms with Crippen molar-refractivity contribution in [1.82, 2.24) is 4.98 Å². The maximum Gasteiger partial charge on any atom is 0.304 e. The summed E-state index contributed by atoms with van der Waals surface area (Å²) in [4.78, 5) is 25.0. The molecule has 0 spiro atoms. The Bertz CT molecular complexity index is 621. The molecule has 0 aliphatic rings. The van der Waals surface area contributed by atoms with Crippen LogP contribution in [0.4, 0.5) is 0 Å². The fraction of sp³-hybridized carbons (Fsp3) is 0.167. The van der Waals surface area contributed by atoms with E-state index >= 15 is 0 Å². The number of Topliss-reactive ketones (excluding diaryl/α,β-unsaturated/α-hetero) is 1. The predicted molar refractivity (Wildman–Crippen MR) is 75.3 cm³/mol. The molecule has 0 radical (unpaired) electrons. The van der Waals surface area contributed by atoms with Crippen LogP contribution in [0.2, 0.25) is 0 Å². The molecule has 1 aromatic heterocycles. The van der Waals surface area contributed by atoms with E-state index in [-0.39, 0.29) is 12.2 Å². The average molecular weight is 375 g/mol. The maximum atomic E-state index is 12.2. The number of hydrogen-bond acceptors (Lipinski definition) is 2. The summed E-state index contributed by atoms with van der Waals surface area (Å²) in [6.45, 7) is 0. The molecule has 18 heavy (non-hydrogen) atoms. The molecule has 2 aromatic rings. The van der Waals surface area contributed by atoms with Gasteiger partial charge in [-0.25, -0.2) is 0 Å². The van der Waals surface area contributed by atoms with Crippen LogP contribution in [0.15, 0.2) is 28.9 Å². The quantitative estimate of drug-likeness (QED) is 0.636. The Hall–Kier alpha value is -1.14. The number of carboxylic acid groups (broad SMARTS) is 1. The van der Waals surface area contributed by atoms with Gasteiger partial charge in [-0.2, -0.15) is 0 Å². The minimum Gasteiger partial charge on any atom is -0.481 e. The van der Waals surface area contributed by atoms with Gasteiger partial charge in [0, 0.05) is 27.1 Å². The minimum atomic E-state index is -1.01. The van der Waals surface area contributed by atoms with E-state index in [1.807, 2.05) is 18.2 Å². The molecule has 2 N–H and O–H groups in total. The van der Waals surface area contributed by atoms with Gasteiger partial charge in [-0.1, -0.05) is 37.9 Å². The monoisotopic (exact) mass is 373 g/mol. The summed E-state index contributed by atoms with van der Waals surface area (Å²) in [5, 5.41) is 9.47. The second-order valence-corrected chi connectivity index (χ2v) is 5.75. The van der Waals surface area contributed by atoms with Crippen molar-refractivity contribution < 1.29 is 14.7 Å². The van der Waals surface area contributed by atoms with Crippen molar-refractivity contribution >= 4 is 54.5 Å². The van der Waals surface area contributed by atoms with Gasteiger partial charge in [-0.3, -0.25) is 9.59 Å². The molecule has 0 bridgehead atoms. The van der Waals surface area contributed by atoms with Gasteiger partial charge in [0.15, 0.2) is 5.78 Å². The fourth-order valence-electron chi connectivity index (χ4n) is 1.75. The Morgan fingerprint density at radius 1 is 1.39 bits per heavy atom. The second-order valence-electron chi connectivity index (χ2n) is 3.79. The maximum absolute atomic E-state index is 12.2. The molecule has 4 nitrogen and oxygen atoms in total. The van der Waals surface area contributed by atoms with Gasteiger partial charge in [-0.15, -0.1) is 0 Å². The number of H-pyrrole nitrogens is 1. The van der Waals surface area contributed by atoms with E-state index in [1.165, 1.54) is 0 Å². The van der Waals surface area contributed by atoms with Gasteiger partial charge in [-0.05, 0) is 12.1 Å². The summed E-state index contributed by atoms with van der Waals surface area (Å²) < 4.78 is 0.805. The molecule has 2 rings (SSSR count). The number of fused-ring (bicyclic) bond motifs is 1. The Balaban J connectivity index is 2.42. The smallest absolute Gasteiger partial charge is 0.304 e. The van der Waals surface area contributed by atoms with Gasteiger partial charge in [0.2, 0.25) is 0 Å². The standard InChI is InChI=1S/C12H9Br2NO3/c13-7-2-1-3-9-11(7)6(5-15-9)12(18)8(14)4-10(16)17/h1-3,5,8,15H,4H2,(H,16,17). The summed E-state index contributed by atoms with van der Waals surface area (Å²) in [5.74, 6) is -1.25. The second kappa shape index (κ2) is 5.24. The van der Waals surface area contributed by atoms with Crippen molar-refractivity contribution in [3.63, 3.8) is 0 Å². The van der Waals surface area contributed by atoms with E-state index in [4.69, 9.17) is 5.11 Å². The number of hydrogen-bond donors (Lipinski definition) is 2.